The van der Waals surface area contributed by atoms with Gasteiger partial charge in [0, 0.05) is 0 Å². The van der Waals surface area contributed by atoms with Gasteiger partial charge in [-0.2, -0.15) is 0 Å². The Bertz CT molecular complexity index is 808. The molecule has 3 nitrogen and oxygen atoms in total. The maximum Gasteiger partial charge on any atom is 0.316 e. The van der Waals surface area contributed by atoms with Gasteiger partial charge in [0.05, 0.1) is 5.41 Å². The minimum absolute atomic E-state index is 0.227. The molecule has 130 valence electrons. The van der Waals surface area contributed by atoms with E-state index in [0.717, 1.165) is 24.8 Å². The Labute approximate surface area is 149 Å². The third kappa shape index (κ3) is 3.93. The Hall–Kier alpha value is -2.55. The van der Waals surface area contributed by atoms with Crippen LogP contribution in [0.3, 0.4) is 0 Å². The van der Waals surface area contributed by atoms with Crippen molar-refractivity contribution in [3.05, 3.63) is 65.2 Å². The van der Waals surface area contributed by atoms with Crippen LogP contribution in [-0.4, -0.2) is 11.1 Å². The lowest BCUT2D eigenvalue weighted by Crippen LogP contribution is -2.25. The van der Waals surface area contributed by atoms with Gasteiger partial charge in [0.15, 0.2) is 0 Å². The number of esters is 1. The average Bonchev–Trinajstić information content (AvgIpc) is 2.77. The number of ether oxygens (including phenoxy) is 1. The van der Waals surface area contributed by atoms with Crippen molar-refractivity contribution in [1.29, 1.82) is 0 Å². The van der Waals surface area contributed by atoms with Gasteiger partial charge in [0.25, 0.3) is 0 Å². The van der Waals surface area contributed by atoms with Crippen LogP contribution in [0.4, 0.5) is 0 Å². The summed E-state index contributed by atoms with van der Waals surface area (Å²) >= 11 is 0. The molecule has 1 N–H and O–H groups in total. The molecule has 0 saturated heterocycles. The molecule has 0 atom stereocenters. The molecule has 0 bridgehead atoms. The van der Waals surface area contributed by atoms with E-state index in [1.807, 2.05) is 51.1 Å². The fourth-order valence-electron chi connectivity index (χ4n) is 2.93. The molecule has 3 heteroatoms. The second-order valence-electron chi connectivity index (χ2n) is 7.52. The summed E-state index contributed by atoms with van der Waals surface area (Å²) in [6.07, 6.45) is 5.26. The lowest BCUT2D eigenvalue weighted by molar-refractivity contribution is -0.142. The van der Waals surface area contributed by atoms with Gasteiger partial charge in [-0.15, -0.1) is 0 Å². The first kappa shape index (κ1) is 17.3. The first-order chi connectivity index (χ1) is 11.8. The molecule has 0 amide bonds. The largest absolute Gasteiger partial charge is 0.508 e. The molecule has 2 aromatic carbocycles. The molecule has 0 saturated carbocycles. The summed E-state index contributed by atoms with van der Waals surface area (Å²) in [6.45, 7) is 5.55. The molecular formula is C22H24O3. The summed E-state index contributed by atoms with van der Waals surface area (Å²) in [6, 6.07) is 13.2. The Balaban J connectivity index is 1.94. The normalized spacial score (nSPS) is 14.3. The Morgan fingerprint density at radius 2 is 1.80 bits per heavy atom. The van der Waals surface area contributed by atoms with Crippen molar-refractivity contribution >= 4 is 11.5 Å². The summed E-state index contributed by atoms with van der Waals surface area (Å²) in [5.41, 5.74) is 4.08. The molecule has 0 aliphatic heterocycles. The highest BCUT2D eigenvalue weighted by Gasteiger charge is 2.24. The van der Waals surface area contributed by atoms with Crippen molar-refractivity contribution in [2.24, 2.45) is 5.41 Å². The molecular weight excluding hydrogens is 312 g/mol. The van der Waals surface area contributed by atoms with Gasteiger partial charge in [0.2, 0.25) is 0 Å². The van der Waals surface area contributed by atoms with Gasteiger partial charge in [-0.05, 0) is 86.6 Å². The van der Waals surface area contributed by atoms with Crippen molar-refractivity contribution in [2.75, 3.05) is 0 Å². The van der Waals surface area contributed by atoms with Crippen molar-refractivity contribution in [3.63, 3.8) is 0 Å². The number of hydrogen-bond acceptors (Lipinski definition) is 3. The van der Waals surface area contributed by atoms with Gasteiger partial charge in [-0.25, -0.2) is 0 Å². The molecule has 3 rings (SSSR count). The van der Waals surface area contributed by atoms with E-state index < -0.39 is 5.41 Å². The monoisotopic (exact) mass is 336 g/mol. The predicted molar refractivity (Wildman–Crippen MR) is 99.7 cm³/mol. The highest BCUT2D eigenvalue weighted by atomic mass is 16.5. The average molecular weight is 336 g/mol. The van der Waals surface area contributed by atoms with Crippen LogP contribution < -0.4 is 4.74 Å². The van der Waals surface area contributed by atoms with Crippen LogP contribution in [0.25, 0.3) is 5.57 Å². The van der Waals surface area contributed by atoms with Crippen LogP contribution in [0.15, 0.2) is 48.5 Å². The molecule has 0 heterocycles. The zero-order valence-corrected chi connectivity index (χ0v) is 15.0. The molecule has 25 heavy (non-hydrogen) atoms. The fourth-order valence-corrected chi connectivity index (χ4v) is 2.93. The standard InChI is InChI=1S/C22H24O3/c1-22(2,3)21(24)25-18-12-13-20-16(14-18)6-4-5-7-19(20)15-8-10-17(23)11-9-15/h7-14,23H,4-6H2,1-3H3. The number of allylic oxidation sites excluding steroid dienone is 1. The van der Waals surface area contributed by atoms with Crippen LogP contribution in [0, 0.1) is 5.41 Å². The molecule has 2 aromatic rings. The van der Waals surface area contributed by atoms with Crippen LogP contribution in [0.2, 0.25) is 0 Å². The zero-order chi connectivity index (χ0) is 18.0. The van der Waals surface area contributed by atoms with Crippen molar-refractivity contribution in [1.82, 2.24) is 0 Å². The van der Waals surface area contributed by atoms with Crippen LogP contribution in [0.1, 0.15) is 50.3 Å². The van der Waals surface area contributed by atoms with Gasteiger partial charge in [-0.1, -0.05) is 24.3 Å². The molecule has 1 aliphatic rings. The fraction of sp³-hybridized carbons (Fsp3) is 0.318. The number of carbonyl (C=O) groups excluding carboxylic acids is 1. The van der Waals surface area contributed by atoms with Crippen molar-refractivity contribution in [3.8, 4) is 11.5 Å². The Morgan fingerprint density at radius 1 is 1.08 bits per heavy atom. The number of hydrogen-bond donors (Lipinski definition) is 1. The number of aromatic hydroxyl groups is 1. The number of phenols is 1. The topological polar surface area (TPSA) is 46.5 Å². The summed E-state index contributed by atoms with van der Waals surface area (Å²) in [4.78, 5) is 12.1. The van der Waals surface area contributed by atoms with E-state index in [4.69, 9.17) is 4.74 Å². The van der Waals surface area contributed by atoms with Crippen molar-refractivity contribution < 1.29 is 14.6 Å². The first-order valence-electron chi connectivity index (χ1n) is 8.70. The lowest BCUT2D eigenvalue weighted by atomic mass is 9.93. The number of carbonyl (C=O) groups is 1. The number of fused-ring (bicyclic) bond motifs is 1. The molecule has 0 spiro atoms. The van der Waals surface area contributed by atoms with E-state index in [2.05, 4.69) is 6.08 Å². The Kier molecular flexibility index (Phi) is 4.67. The molecule has 0 fully saturated rings. The van der Waals surface area contributed by atoms with E-state index >= 15 is 0 Å². The second-order valence-corrected chi connectivity index (χ2v) is 7.52. The SMILES string of the molecule is CC(C)(C)C(=O)Oc1ccc2c(c1)CCCC=C2c1ccc(O)cc1. The summed E-state index contributed by atoms with van der Waals surface area (Å²) in [7, 11) is 0. The van der Waals surface area contributed by atoms with Crippen LogP contribution in [0.5, 0.6) is 11.5 Å². The maximum absolute atomic E-state index is 12.1. The molecule has 0 aromatic heterocycles. The number of rotatable bonds is 2. The Morgan fingerprint density at radius 3 is 2.48 bits per heavy atom. The highest BCUT2D eigenvalue weighted by Crippen LogP contribution is 2.34. The molecule has 0 unspecified atom stereocenters. The van der Waals surface area contributed by atoms with E-state index in [-0.39, 0.29) is 11.7 Å². The van der Waals surface area contributed by atoms with E-state index in [0.29, 0.717) is 5.75 Å². The third-order valence-electron chi connectivity index (χ3n) is 4.37. The minimum atomic E-state index is -0.524. The lowest BCUT2D eigenvalue weighted by Gasteiger charge is -2.18. The first-order valence-corrected chi connectivity index (χ1v) is 8.70. The smallest absolute Gasteiger partial charge is 0.316 e. The van der Waals surface area contributed by atoms with Gasteiger partial charge >= 0.3 is 5.97 Å². The zero-order valence-electron chi connectivity index (χ0n) is 15.0. The van der Waals surface area contributed by atoms with E-state index in [1.165, 1.54) is 16.7 Å². The highest BCUT2D eigenvalue weighted by molar-refractivity contribution is 5.83. The maximum atomic E-state index is 12.1. The van der Waals surface area contributed by atoms with Gasteiger partial charge in [-0.3, -0.25) is 4.79 Å². The predicted octanol–water partition coefficient (Wildman–Crippen LogP) is 5.11. The summed E-state index contributed by atoms with van der Waals surface area (Å²) in [5, 5.41) is 9.52. The number of phenolic OH excluding ortho intramolecular Hbond substituents is 1. The molecule has 1 aliphatic carbocycles. The molecule has 0 radical (unpaired) electrons. The van der Waals surface area contributed by atoms with Gasteiger partial charge < -0.3 is 9.84 Å². The number of benzene rings is 2. The third-order valence-corrected chi connectivity index (χ3v) is 4.37. The number of aryl methyl sites for hydroxylation is 1. The van der Waals surface area contributed by atoms with Gasteiger partial charge in [0.1, 0.15) is 11.5 Å². The van der Waals surface area contributed by atoms with E-state index in [9.17, 15) is 9.90 Å². The van der Waals surface area contributed by atoms with Crippen LogP contribution >= 0.6 is 0 Å². The summed E-state index contributed by atoms with van der Waals surface area (Å²) in [5.74, 6) is 0.642. The minimum Gasteiger partial charge on any atom is -0.508 e. The second kappa shape index (κ2) is 6.75. The van der Waals surface area contributed by atoms with Crippen LogP contribution in [-0.2, 0) is 11.2 Å². The summed E-state index contributed by atoms with van der Waals surface area (Å²) < 4.78 is 5.55. The van der Waals surface area contributed by atoms with E-state index in [1.54, 1.807) is 12.1 Å². The quantitative estimate of drug-likeness (QED) is 0.612. The van der Waals surface area contributed by atoms with Crippen molar-refractivity contribution in [2.45, 2.75) is 40.0 Å².